The molecular formula is C28H31N3O2. The average molecular weight is 442 g/mol. The van der Waals surface area contributed by atoms with E-state index in [0.717, 1.165) is 40.0 Å². The van der Waals surface area contributed by atoms with Gasteiger partial charge in [0.15, 0.2) is 5.78 Å². The molecule has 5 heteroatoms. The van der Waals surface area contributed by atoms with Crippen molar-refractivity contribution in [1.82, 2.24) is 4.98 Å². The van der Waals surface area contributed by atoms with Crippen molar-refractivity contribution in [3.8, 4) is 0 Å². The molecule has 1 aromatic heterocycles. The highest BCUT2D eigenvalue weighted by molar-refractivity contribution is 6.07. The van der Waals surface area contributed by atoms with Gasteiger partial charge in [-0.1, -0.05) is 58.0 Å². The molecule has 0 radical (unpaired) electrons. The molecule has 33 heavy (non-hydrogen) atoms. The number of amides is 1. The van der Waals surface area contributed by atoms with E-state index in [1.165, 1.54) is 0 Å². The van der Waals surface area contributed by atoms with Gasteiger partial charge in [0.25, 0.3) is 0 Å². The molecule has 2 aliphatic rings. The number of fused-ring (bicyclic) bond motifs is 2. The van der Waals surface area contributed by atoms with Crippen molar-refractivity contribution in [1.29, 1.82) is 0 Å². The average Bonchev–Trinajstić information content (AvgIpc) is 3.09. The number of rotatable bonds is 3. The minimum Gasteiger partial charge on any atom is -0.361 e. The summed E-state index contributed by atoms with van der Waals surface area (Å²) < 4.78 is 0. The summed E-state index contributed by atoms with van der Waals surface area (Å²) >= 11 is 0. The number of nitrogens with zero attached hydrogens (tertiary/aromatic N) is 1. The Labute approximate surface area is 194 Å². The van der Waals surface area contributed by atoms with Crippen LogP contribution >= 0.6 is 0 Å². The molecule has 0 unspecified atom stereocenters. The van der Waals surface area contributed by atoms with Crippen LogP contribution in [0.3, 0.4) is 0 Å². The van der Waals surface area contributed by atoms with Crippen LogP contribution in [0.4, 0.5) is 11.4 Å². The van der Waals surface area contributed by atoms with Crippen LogP contribution < -0.4 is 10.2 Å². The molecule has 0 bridgehead atoms. The molecular weight excluding hydrogens is 410 g/mol. The van der Waals surface area contributed by atoms with Crippen LogP contribution in [0.1, 0.15) is 58.6 Å². The second kappa shape index (κ2) is 7.91. The number of para-hydroxylation sites is 3. The fraction of sp³-hybridized carbons (Fsp3) is 0.357. The SMILES string of the molecule is CC(C)CC(=O)N1c2ccccc2NC2=C(C(=O)CC(C)(C)C2)[C@@H]1c1c[nH]c2ccccc12. The number of allylic oxidation sites excluding steroid dienone is 1. The molecule has 1 atom stereocenters. The second-order valence-electron chi connectivity index (χ2n) is 10.5. The zero-order valence-electron chi connectivity index (χ0n) is 19.7. The normalized spacial score (nSPS) is 19.8. The standard InChI is InChI=1S/C28H31N3O2/c1-17(2)13-25(33)31-23-12-8-7-11-21(23)30-22-14-28(3,4)15-24(32)26(22)27(31)19-16-29-20-10-6-5-9-18(19)20/h5-12,16-17,27,29-30H,13-15H2,1-4H3/t27-/m0/s1. The topological polar surface area (TPSA) is 65.2 Å². The molecule has 2 aromatic carbocycles. The Morgan fingerprint density at radius 2 is 1.82 bits per heavy atom. The predicted molar refractivity (Wildman–Crippen MR) is 133 cm³/mol. The highest BCUT2D eigenvalue weighted by Crippen LogP contribution is 2.49. The Morgan fingerprint density at radius 1 is 1.09 bits per heavy atom. The number of hydrogen-bond donors (Lipinski definition) is 2. The molecule has 1 aliphatic heterocycles. The summed E-state index contributed by atoms with van der Waals surface area (Å²) in [5.74, 6) is 0.346. The Kier molecular flexibility index (Phi) is 5.15. The van der Waals surface area contributed by atoms with E-state index in [1.54, 1.807) is 0 Å². The van der Waals surface area contributed by atoms with Crippen LogP contribution in [-0.2, 0) is 9.59 Å². The summed E-state index contributed by atoms with van der Waals surface area (Å²) in [6.07, 6.45) is 3.61. The number of aromatic nitrogens is 1. The van der Waals surface area contributed by atoms with E-state index in [4.69, 9.17) is 0 Å². The first-order valence-corrected chi connectivity index (χ1v) is 11.8. The molecule has 5 rings (SSSR count). The maximum Gasteiger partial charge on any atom is 0.228 e. The third-order valence-electron chi connectivity index (χ3n) is 6.67. The van der Waals surface area contributed by atoms with E-state index in [2.05, 4.69) is 44.1 Å². The predicted octanol–water partition coefficient (Wildman–Crippen LogP) is 6.36. The number of hydrogen-bond acceptors (Lipinski definition) is 3. The number of ketones is 1. The van der Waals surface area contributed by atoms with Crippen molar-refractivity contribution in [2.75, 3.05) is 10.2 Å². The van der Waals surface area contributed by atoms with E-state index in [9.17, 15) is 9.59 Å². The van der Waals surface area contributed by atoms with E-state index >= 15 is 0 Å². The van der Waals surface area contributed by atoms with Crippen molar-refractivity contribution in [3.63, 3.8) is 0 Å². The van der Waals surface area contributed by atoms with Crippen LogP contribution in [0.5, 0.6) is 0 Å². The van der Waals surface area contributed by atoms with E-state index in [0.29, 0.717) is 18.4 Å². The molecule has 0 saturated heterocycles. The van der Waals surface area contributed by atoms with Gasteiger partial charge < -0.3 is 10.3 Å². The van der Waals surface area contributed by atoms with Gasteiger partial charge in [-0.2, -0.15) is 0 Å². The summed E-state index contributed by atoms with van der Waals surface area (Å²) in [6, 6.07) is 15.5. The maximum atomic E-state index is 13.8. The molecule has 3 aromatic rings. The lowest BCUT2D eigenvalue weighted by Gasteiger charge is -2.37. The monoisotopic (exact) mass is 441 g/mol. The summed E-state index contributed by atoms with van der Waals surface area (Å²) in [7, 11) is 0. The zero-order chi connectivity index (χ0) is 23.3. The molecule has 5 nitrogen and oxygen atoms in total. The number of benzene rings is 2. The van der Waals surface area contributed by atoms with Crippen LogP contribution in [0.15, 0.2) is 66.0 Å². The van der Waals surface area contributed by atoms with Crippen LogP contribution in [0.25, 0.3) is 10.9 Å². The fourth-order valence-electron chi connectivity index (χ4n) is 5.32. The van der Waals surface area contributed by atoms with Crippen molar-refractivity contribution >= 4 is 34.0 Å². The van der Waals surface area contributed by atoms with Gasteiger partial charge in [-0.15, -0.1) is 0 Å². The summed E-state index contributed by atoms with van der Waals surface area (Å²) in [5, 5.41) is 4.62. The smallest absolute Gasteiger partial charge is 0.228 e. The maximum absolute atomic E-state index is 13.8. The number of aromatic amines is 1. The summed E-state index contributed by atoms with van der Waals surface area (Å²) in [5.41, 5.74) is 5.15. The third-order valence-corrected chi connectivity index (χ3v) is 6.67. The first kappa shape index (κ1) is 21.5. The Balaban J connectivity index is 1.81. The largest absolute Gasteiger partial charge is 0.361 e. The van der Waals surface area contributed by atoms with Crippen LogP contribution in [0.2, 0.25) is 0 Å². The minimum absolute atomic E-state index is 0.0286. The lowest BCUT2D eigenvalue weighted by Crippen LogP contribution is -2.39. The first-order chi connectivity index (χ1) is 15.7. The van der Waals surface area contributed by atoms with Gasteiger partial charge in [0.2, 0.25) is 5.91 Å². The lowest BCUT2D eigenvalue weighted by molar-refractivity contribution is -0.120. The molecule has 2 N–H and O–H groups in total. The van der Waals surface area contributed by atoms with Gasteiger partial charge in [-0.3, -0.25) is 14.5 Å². The molecule has 0 spiro atoms. The molecule has 170 valence electrons. The van der Waals surface area contributed by atoms with E-state index < -0.39 is 6.04 Å². The number of carbonyl (C=O) groups is 2. The van der Waals surface area contributed by atoms with Crippen molar-refractivity contribution in [3.05, 3.63) is 71.6 Å². The van der Waals surface area contributed by atoms with Gasteiger partial charge in [-0.05, 0) is 36.0 Å². The minimum atomic E-state index is -0.484. The van der Waals surface area contributed by atoms with Gasteiger partial charge in [-0.25, -0.2) is 0 Å². The Morgan fingerprint density at radius 3 is 2.61 bits per heavy atom. The number of anilines is 2. The quantitative estimate of drug-likeness (QED) is 0.497. The fourth-order valence-corrected chi connectivity index (χ4v) is 5.32. The van der Waals surface area contributed by atoms with Crippen LogP contribution in [0, 0.1) is 11.3 Å². The first-order valence-electron chi connectivity index (χ1n) is 11.8. The summed E-state index contributed by atoms with van der Waals surface area (Å²) in [4.78, 5) is 32.8. The number of H-pyrrole nitrogens is 1. The van der Waals surface area contributed by atoms with Gasteiger partial charge in [0.05, 0.1) is 17.4 Å². The van der Waals surface area contributed by atoms with Gasteiger partial charge in [0, 0.05) is 46.8 Å². The highest BCUT2D eigenvalue weighted by atomic mass is 16.2. The highest BCUT2D eigenvalue weighted by Gasteiger charge is 2.43. The third kappa shape index (κ3) is 3.75. The van der Waals surface area contributed by atoms with Gasteiger partial charge in [0.1, 0.15) is 0 Å². The van der Waals surface area contributed by atoms with E-state index in [-0.39, 0.29) is 23.0 Å². The lowest BCUT2D eigenvalue weighted by atomic mass is 9.73. The molecule has 0 saturated carbocycles. The summed E-state index contributed by atoms with van der Waals surface area (Å²) in [6.45, 7) is 8.38. The number of Topliss-reactive ketones (excluding diaryl/α,β-unsaturated/α-hetero) is 1. The number of carbonyl (C=O) groups excluding carboxylic acids is 2. The van der Waals surface area contributed by atoms with Crippen LogP contribution in [-0.4, -0.2) is 16.7 Å². The van der Waals surface area contributed by atoms with Crippen molar-refractivity contribution in [2.45, 2.75) is 53.0 Å². The second-order valence-corrected chi connectivity index (χ2v) is 10.5. The van der Waals surface area contributed by atoms with Crippen molar-refractivity contribution < 1.29 is 9.59 Å². The Bertz CT molecular complexity index is 1280. The van der Waals surface area contributed by atoms with E-state index in [1.807, 2.05) is 53.6 Å². The Hall–Kier alpha value is -3.34. The van der Waals surface area contributed by atoms with Crippen molar-refractivity contribution in [2.24, 2.45) is 11.3 Å². The molecule has 2 heterocycles. The number of nitrogens with one attached hydrogen (secondary N) is 2. The molecule has 1 amide bonds. The zero-order valence-corrected chi connectivity index (χ0v) is 19.7. The molecule has 0 fully saturated rings. The van der Waals surface area contributed by atoms with Gasteiger partial charge >= 0.3 is 0 Å². The molecule has 1 aliphatic carbocycles.